The van der Waals surface area contributed by atoms with Crippen LogP contribution in [0.3, 0.4) is 0 Å². The average molecular weight is 275 g/mol. The third-order valence-electron chi connectivity index (χ3n) is 2.47. The van der Waals surface area contributed by atoms with Crippen molar-refractivity contribution in [3.05, 3.63) is 82.8 Å². The Balaban J connectivity index is 0.000000149. The van der Waals surface area contributed by atoms with Gasteiger partial charge in [-0.3, -0.25) is 0 Å². The predicted octanol–water partition coefficient (Wildman–Crippen LogP) is 5.83. The van der Waals surface area contributed by atoms with Gasteiger partial charge in [0.25, 0.3) is 0 Å². The summed E-state index contributed by atoms with van der Waals surface area (Å²) in [6, 6.07) is 23.5. The molecule has 0 aromatic heterocycles. The lowest BCUT2D eigenvalue weighted by Gasteiger charge is -1.97. The van der Waals surface area contributed by atoms with Crippen LogP contribution >= 0.6 is 23.2 Å². The average Bonchev–Trinajstić information content (AvgIpc) is 2.41. The lowest BCUT2D eigenvalue weighted by Crippen LogP contribution is -1.70. The third kappa shape index (κ3) is 3.49. The molecule has 0 bridgehead atoms. The van der Waals surface area contributed by atoms with Crippen LogP contribution in [-0.4, -0.2) is 0 Å². The van der Waals surface area contributed by atoms with E-state index in [1.807, 2.05) is 60.7 Å². The SMILES string of the molecule is Clc1cccc2ccccc12.Clc1ccccc1. The second-order valence-electron chi connectivity index (χ2n) is 3.76. The summed E-state index contributed by atoms with van der Waals surface area (Å²) in [7, 11) is 0. The fourth-order valence-corrected chi connectivity index (χ4v) is 1.99. The van der Waals surface area contributed by atoms with Gasteiger partial charge in [0.1, 0.15) is 0 Å². The molecule has 3 aromatic carbocycles. The zero-order valence-corrected chi connectivity index (χ0v) is 11.2. The van der Waals surface area contributed by atoms with Crippen LogP contribution in [0.2, 0.25) is 10.0 Å². The standard InChI is InChI=1S/C10H7Cl.C6H5Cl/c11-10-7-3-5-8-4-1-2-6-9(8)10;7-6-4-2-1-3-5-6/h1-7H;1-5H. The number of rotatable bonds is 0. The van der Waals surface area contributed by atoms with E-state index < -0.39 is 0 Å². The van der Waals surface area contributed by atoms with E-state index in [4.69, 9.17) is 23.2 Å². The predicted molar refractivity (Wildman–Crippen MR) is 80.4 cm³/mol. The first-order valence-electron chi connectivity index (χ1n) is 5.61. The van der Waals surface area contributed by atoms with Crippen LogP contribution in [-0.2, 0) is 0 Å². The molecular formula is C16H12Cl2. The van der Waals surface area contributed by atoms with E-state index in [1.165, 1.54) is 5.39 Å². The van der Waals surface area contributed by atoms with Crippen LogP contribution < -0.4 is 0 Å². The molecule has 0 radical (unpaired) electrons. The topological polar surface area (TPSA) is 0 Å². The van der Waals surface area contributed by atoms with Crippen molar-refractivity contribution in [3.8, 4) is 0 Å². The maximum atomic E-state index is 5.96. The summed E-state index contributed by atoms with van der Waals surface area (Å²) < 4.78 is 0. The monoisotopic (exact) mass is 274 g/mol. The summed E-state index contributed by atoms with van der Waals surface area (Å²) in [5.41, 5.74) is 0. The van der Waals surface area contributed by atoms with Crippen molar-refractivity contribution in [2.75, 3.05) is 0 Å². The minimum atomic E-state index is 0.794. The van der Waals surface area contributed by atoms with Gasteiger partial charge in [-0.15, -0.1) is 0 Å². The maximum absolute atomic E-state index is 5.96. The second kappa shape index (κ2) is 6.44. The molecule has 0 atom stereocenters. The smallest absolute Gasteiger partial charge is 0.0484 e. The van der Waals surface area contributed by atoms with E-state index in [1.54, 1.807) is 0 Å². The Morgan fingerprint density at radius 3 is 1.78 bits per heavy atom. The van der Waals surface area contributed by atoms with Gasteiger partial charge in [0.15, 0.2) is 0 Å². The zero-order valence-electron chi connectivity index (χ0n) is 9.68. The fraction of sp³-hybridized carbons (Fsp3) is 0. The molecule has 0 amide bonds. The molecule has 0 N–H and O–H groups in total. The molecule has 18 heavy (non-hydrogen) atoms. The molecule has 3 rings (SSSR count). The molecular weight excluding hydrogens is 263 g/mol. The van der Waals surface area contributed by atoms with Gasteiger partial charge >= 0.3 is 0 Å². The summed E-state index contributed by atoms with van der Waals surface area (Å²) >= 11 is 11.5. The highest BCUT2D eigenvalue weighted by Crippen LogP contribution is 2.22. The van der Waals surface area contributed by atoms with Crippen LogP contribution in [0.5, 0.6) is 0 Å². The largest absolute Gasteiger partial charge is 0.0843 e. The van der Waals surface area contributed by atoms with Crippen LogP contribution in [0.4, 0.5) is 0 Å². The highest BCUT2D eigenvalue weighted by molar-refractivity contribution is 6.35. The second-order valence-corrected chi connectivity index (χ2v) is 4.60. The molecule has 0 unspecified atom stereocenters. The molecule has 2 heteroatoms. The van der Waals surface area contributed by atoms with E-state index in [-0.39, 0.29) is 0 Å². The van der Waals surface area contributed by atoms with Gasteiger partial charge < -0.3 is 0 Å². The first kappa shape index (κ1) is 12.9. The Morgan fingerprint density at radius 2 is 1.17 bits per heavy atom. The molecule has 0 saturated carbocycles. The van der Waals surface area contributed by atoms with E-state index in [0.29, 0.717) is 0 Å². The molecule has 0 fully saturated rings. The van der Waals surface area contributed by atoms with Crippen LogP contribution in [0.1, 0.15) is 0 Å². The Labute approximate surface area is 117 Å². The highest BCUT2D eigenvalue weighted by Gasteiger charge is 1.93. The summed E-state index contributed by atoms with van der Waals surface area (Å²) in [6.07, 6.45) is 0. The van der Waals surface area contributed by atoms with Gasteiger partial charge in [-0.1, -0.05) is 77.8 Å². The minimum absolute atomic E-state index is 0.794. The molecule has 0 nitrogen and oxygen atoms in total. The lowest BCUT2D eigenvalue weighted by molar-refractivity contribution is 1.71. The quantitative estimate of drug-likeness (QED) is 0.484. The van der Waals surface area contributed by atoms with Crippen molar-refractivity contribution >= 4 is 34.0 Å². The molecule has 0 saturated heterocycles. The Bertz CT molecular complexity index is 613. The van der Waals surface area contributed by atoms with Crippen molar-refractivity contribution in [2.24, 2.45) is 0 Å². The van der Waals surface area contributed by atoms with Crippen molar-refractivity contribution in [1.29, 1.82) is 0 Å². The third-order valence-corrected chi connectivity index (χ3v) is 3.05. The van der Waals surface area contributed by atoms with Crippen molar-refractivity contribution < 1.29 is 0 Å². The number of halogens is 2. The summed E-state index contributed by atoms with van der Waals surface area (Å²) in [4.78, 5) is 0. The van der Waals surface area contributed by atoms with Crippen molar-refractivity contribution in [2.45, 2.75) is 0 Å². The molecule has 90 valence electrons. The van der Waals surface area contributed by atoms with Crippen molar-refractivity contribution in [3.63, 3.8) is 0 Å². The van der Waals surface area contributed by atoms with Gasteiger partial charge in [-0.2, -0.15) is 0 Å². The summed E-state index contributed by atoms with van der Waals surface area (Å²) in [5.74, 6) is 0. The van der Waals surface area contributed by atoms with E-state index in [9.17, 15) is 0 Å². The van der Waals surface area contributed by atoms with Gasteiger partial charge in [0, 0.05) is 15.4 Å². The molecule has 0 spiro atoms. The molecule has 0 aliphatic rings. The number of hydrogen-bond donors (Lipinski definition) is 0. The van der Waals surface area contributed by atoms with Gasteiger partial charge in [-0.05, 0) is 23.6 Å². The number of hydrogen-bond acceptors (Lipinski definition) is 0. The van der Waals surface area contributed by atoms with Gasteiger partial charge in [-0.25, -0.2) is 0 Å². The Hall–Kier alpha value is -1.50. The number of fused-ring (bicyclic) bond motifs is 1. The summed E-state index contributed by atoms with van der Waals surface area (Å²) in [5, 5.41) is 3.93. The van der Waals surface area contributed by atoms with E-state index in [2.05, 4.69) is 12.1 Å². The lowest BCUT2D eigenvalue weighted by atomic mass is 10.1. The normalized spacial score (nSPS) is 9.67. The maximum Gasteiger partial charge on any atom is 0.0484 e. The van der Waals surface area contributed by atoms with Gasteiger partial charge in [0.2, 0.25) is 0 Å². The molecule has 0 aliphatic heterocycles. The van der Waals surface area contributed by atoms with Crippen LogP contribution in [0.15, 0.2) is 72.8 Å². The van der Waals surface area contributed by atoms with E-state index >= 15 is 0 Å². The minimum Gasteiger partial charge on any atom is -0.0843 e. The molecule has 0 aliphatic carbocycles. The Kier molecular flexibility index (Phi) is 4.63. The van der Waals surface area contributed by atoms with Crippen LogP contribution in [0.25, 0.3) is 10.8 Å². The number of benzene rings is 3. The Morgan fingerprint density at radius 1 is 0.556 bits per heavy atom. The van der Waals surface area contributed by atoms with E-state index in [0.717, 1.165) is 15.4 Å². The zero-order chi connectivity index (χ0) is 12.8. The van der Waals surface area contributed by atoms with Gasteiger partial charge in [0.05, 0.1) is 0 Å². The summed E-state index contributed by atoms with van der Waals surface area (Å²) in [6.45, 7) is 0. The first-order valence-corrected chi connectivity index (χ1v) is 6.37. The van der Waals surface area contributed by atoms with Crippen LogP contribution in [0, 0.1) is 0 Å². The molecule has 0 heterocycles. The van der Waals surface area contributed by atoms with Crippen molar-refractivity contribution in [1.82, 2.24) is 0 Å². The highest BCUT2D eigenvalue weighted by atomic mass is 35.5. The molecule has 3 aromatic rings. The first-order chi connectivity index (χ1) is 8.77. The fourth-order valence-electron chi connectivity index (χ4n) is 1.60.